The molecule has 0 bridgehead atoms. The molecule has 2 aromatic rings. The Balaban J connectivity index is 1.60. The minimum absolute atomic E-state index is 0.133. The number of aromatic nitrogens is 1. The number of hydrogen-bond acceptors (Lipinski definition) is 7. The number of nitrogens with one attached hydrogen (secondary N) is 1. The van der Waals surface area contributed by atoms with Gasteiger partial charge in [-0.15, -0.1) is 0 Å². The summed E-state index contributed by atoms with van der Waals surface area (Å²) >= 11 is 0. The number of morpholine rings is 1. The van der Waals surface area contributed by atoms with Crippen molar-refractivity contribution in [3.63, 3.8) is 0 Å². The zero-order valence-corrected chi connectivity index (χ0v) is 16.6. The minimum atomic E-state index is -3.60. The van der Waals surface area contributed by atoms with E-state index < -0.39 is 28.0 Å². The smallest absolute Gasteiger partial charge is 0.340 e. The third-order valence-electron chi connectivity index (χ3n) is 4.28. The Labute approximate surface area is 168 Å². The largest absolute Gasteiger partial charge is 0.449 e. The number of carbonyl (C=O) groups is 2. The van der Waals surface area contributed by atoms with Gasteiger partial charge in [-0.1, -0.05) is 0 Å². The van der Waals surface area contributed by atoms with Crippen molar-refractivity contribution in [1.82, 2.24) is 9.29 Å². The summed E-state index contributed by atoms with van der Waals surface area (Å²) in [5, 5.41) is 2.60. The van der Waals surface area contributed by atoms with Gasteiger partial charge in [0.15, 0.2) is 6.10 Å². The highest BCUT2D eigenvalue weighted by molar-refractivity contribution is 7.89. The van der Waals surface area contributed by atoms with Crippen LogP contribution >= 0.6 is 0 Å². The molecule has 1 aliphatic heterocycles. The second-order valence-electron chi connectivity index (χ2n) is 6.32. The summed E-state index contributed by atoms with van der Waals surface area (Å²) in [4.78, 5) is 28.2. The summed E-state index contributed by atoms with van der Waals surface area (Å²) in [7, 11) is -3.60. The fourth-order valence-electron chi connectivity index (χ4n) is 2.66. The maximum absolute atomic E-state index is 12.6. The van der Waals surface area contributed by atoms with E-state index in [-0.39, 0.29) is 10.5 Å². The molecule has 1 aromatic carbocycles. The third-order valence-corrected chi connectivity index (χ3v) is 6.19. The number of nitrogens with zero attached hydrogens (tertiary/aromatic N) is 2. The second-order valence-corrected chi connectivity index (χ2v) is 8.26. The summed E-state index contributed by atoms with van der Waals surface area (Å²) in [6.07, 6.45) is 1.83. The molecule has 1 saturated heterocycles. The molecule has 0 aliphatic carbocycles. The molecule has 1 fully saturated rings. The molecular formula is C19H21N3O6S. The van der Waals surface area contributed by atoms with Crippen LogP contribution in [0.2, 0.25) is 0 Å². The molecular weight excluding hydrogens is 398 g/mol. The normalized spacial score (nSPS) is 16.0. The van der Waals surface area contributed by atoms with Crippen molar-refractivity contribution in [3.8, 4) is 0 Å². The van der Waals surface area contributed by atoms with Crippen LogP contribution in [0.15, 0.2) is 53.7 Å². The zero-order chi connectivity index (χ0) is 20.9. The quantitative estimate of drug-likeness (QED) is 0.702. The van der Waals surface area contributed by atoms with Crippen molar-refractivity contribution < 1.29 is 27.5 Å². The molecule has 1 amide bonds. The van der Waals surface area contributed by atoms with E-state index in [9.17, 15) is 18.0 Å². The molecule has 154 valence electrons. The van der Waals surface area contributed by atoms with Crippen molar-refractivity contribution in [2.45, 2.75) is 17.9 Å². The SMILES string of the molecule is CC(OC(=O)c1cccnc1)C(=O)Nc1ccc(S(=O)(=O)N2CCOCC2)cc1. The fourth-order valence-corrected chi connectivity index (χ4v) is 4.06. The Kier molecular flexibility index (Phi) is 6.57. The van der Waals surface area contributed by atoms with Gasteiger partial charge < -0.3 is 14.8 Å². The summed E-state index contributed by atoms with van der Waals surface area (Å²) in [5.74, 6) is -1.20. The van der Waals surface area contributed by atoms with Crippen LogP contribution in [0.3, 0.4) is 0 Å². The summed E-state index contributed by atoms with van der Waals surface area (Å²) in [6.45, 7) is 2.79. The number of pyridine rings is 1. The lowest BCUT2D eigenvalue weighted by Crippen LogP contribution is -2.40. The first-order valence-corrected chi connectivity index (χ1v) is 10.4. The first-order chi connectivity index (χ1) is 13.9. The van der Waals surface area contributed by atoms with Gasteiger partial charge in [-0.25, -0.2) is 13.2 Å². The summed E-state index contributed by atoms with van der Waals surface area (Å²) < 4.78 is 36.9. The van der Waals surface area contributed by atoms with Gasteiger partial charge in [0, 0.05) is 31.2 Å². The van der Waals surface area contributed by atoms with Crippen molar-refractivity contribution in [3.05, 3.63) is 54.4 Å². The maximum Gasteiger partial charge on any atom is 0.340 e. The number of amides is 1. The second kappa shape index (κ2) is 9.12. The first kappa shape index (κ1) is 20.9. The Morgan fingerprint density at radius 2 is 1.86 bits per heavy atom. The average Bonchev–Trinajstić information content (AvgIpc) is 2.75. The monoisotopic (exact) mass is 419 g/mol. The van der Waals surface area contributed by atoms with E-state index in [0.29, 0.717) is 32.0 Å². The van der Waals surface area contributed by atoms with Crippen molar-refractivity contribution >= 4 is 27.6 Å². The number of esters is 1. The van der Waals surface area contributed by atoms with Gasteiger partial charge in [-0.2, -0.15) is 4.31 Å². The van der Waals surface area contributed by atoms with Crippen molar-refractivity contribution in [1.29, 1.82) is 0 Å². The zero-order valence-electron chi connectivity index (χ0n) is 15.8. The molecule has 2 heterocycles. The van der Waals surface area contributed by atoms with E-state index in [2.05, 4.69) is 10.3 Å². The van der Waals surface area contributed by atoms with E-state index in [0.717, 1.165) is 0 Å². The minimum Gasteiger partial charge on any atom is -0.449 e. The number of sulfonamides is 1. The van der Waals surface area contributed by atoms with Crippen molar-refractivity contribution in [2.75, 3.05) is 31.6 Å². The van der Waals surface area contributed by atoms with Crippen LogP contribution in [0.1, 0.15) is 17.3 Å². The van der Waals surface area contributed by atoms with Gasteiger partial charge in [-0.05, 0) is 43.3 Å². The molecule has 1 aromatic heterocycles. The van der Waals surface area contributed by atoms with E-state index in [1.807, 2.05) is 0 Å². The lowest BCUT2D eigenvalue weighted by molar-refractivity contribution is -0.123. The van der Waals surface area contributed by atoms with Gasteiger partial charge in [0.1, 0.15) is 0 Å². The predicted molar refractivity (Wildman–Crippen MR) is 104 cm³/mol. The number of rotatable bonds is 6. The van der Waals surface area contributed by atoms with E-state index in [4.69, 9.17) is 9.47 Å². The number of ether oxygens (including phenoxy) is 2. The lowest BCUT2D eigenvalue weighted by atomic mass is 10.2. The first-order valence-electron chi connectivity index (χ1n) is 8.98. The Bertz CT molecular complexity index is 957. The Morgan fingerprint density at radius 1 is 1.17 bits per heavy atom. The summed E-state index contributed by atoms with van der Waals surface area (Å²) in [5.41, 5.74) is 0.630. The van der Waals surface area contributed by atoms with Gasteiger partial charge in [0.2, 0.25) is 10.0 Å². The molecule has 1 aliphatic rings. The third kappa shape index (κ3) is 5.17. The molecule has 1 atom stereocenters. The van der Waals surface area contributed by atoms with Crippen LogP contribution in [-0.4, -0.2) is 62.0 Å². The topological polar surface area (TPSA) is 115 Å². The van der Waals surface area contributed by atoms with Crippen LogP contribution in [0.25, 0.3) is 0 Å². The van der Waals surface area contributed by atoms with Gasteiger partial charge >= 0.3 is 5.97 Å². The molecule has 0 spiro atoms. The van der Waals surface area contributed by atoms with E-state index in [1.165, 1.54) is 54.0 Å². The van der Waals surface area contributed by atoms with Crippen LogP contribution in [0.4, 0.5) is 5.69 Å². The lowest BCUT2D eigenvalue weighted by Gasteiger charge is -2.26. The number of hydrogen-bond donors (Lipinski definition) is 1. The highest BCUT2D eigenvalue weighted by Gasteiger charge is 2.26. The highest BCUT2D eigenvalue weighted by atomic mass is 32.2. The van der Waals surface area contributed by atoms with E-state index >= 15 is 0 Å². The summed E-state index contributed by atoms with van der Waals surface area (Å²) in [6, 6.07) is 8.95. The number of anilines is 1. The Hall–Kier alpha value is -2.82. The molecule has 3 rings (SSSR count). The number of benzene rings is 1. The molecule has 10 heteroatoms. The van der Waals surface area contributed by atoms with E-state index in [1.54, 1.807) is 6.07 Å². The van der Waals surface area contributed by atoms with Crippen LogP contribution in [0.5, 0.6) is 0 Å². The van der Waals surface area contributed by atoms with Crippen LogP contribution < -0.4 is 5.32 Å². The maximum atomic E-state index is 12.6. The molecule has 0 radical (unpaired) electrons. The molecule has 29 heavy (non-hydrogen) atoms. The van der Waals surface area contributed by atoms with Crippen molar-refractivity contribution in [2.24, 2.45) is 0 Å². The highest BCUT2D eigenvalue weighted by Crippen LogP contribution is 2.19. The molecule has 0 saturated carbocycles. The van der Waals surface area contributed by atoms with Crippen LogP contribution in [-0.2, 0) is 24.3 Å². The number of carbonyl (C=O) groups excluding carboxylic acids is 2. The standard InChI is InChI=1S/C19H21N3O6S/c1-14(28-19(24)15-3-2-8-20-13-15)18(23)21-16-4-6-17(7-5-16)29(25,26)22-9-11-27-12-10-22/h2-8,13-14H,9-12H2,1H3,(H,21,23). The van der Waals surface area contributed by atoms with Gasteiger partial charge in [-0.3, -0.25) is 9.78 Å². The van der Waals surface area contributed by atoms with Gasteiger partial charge in [0.25, 0.3) is 5.91 Å². The predicted octanol–water partition coefficient (Wildman–Crippen LogP) is 1.29. The fraction of sp³-hybridized carbons (Fsp3) is 0.316. The molecule has 1 unspecified atom stereocenters. The average molecular weight is 419 g/mol. The Morgan fingerprint density at radius 3 is 2.48 bits per heavy atom. The molecule has 1 N–H and O–H groups in total. The van der Waals surface area contributed by atoms with Crippen LogP contribution in [0, 0.1) is 0 Å². The van der Waals surface area contributed by atoms with Gasteiger partial charge in [0.05, 0.1) is 23.7 Å². The molecule has 9 nitrogen and oxygen atoms in total.